The molecule has 1 N–H and O–H groups in total. The molecule has 0 saturated heterocycles. The summed E-state index contributed by atoms with van der Waals surface area (Å²) in [6.45, 7) is 0. The van der Waals surface area contributed by atoms with E-state index in [0.29, 0.717) is 0 Å². The largest absolute Gasteiger partial charge is 0.354 e. The Morgan fingerprint density at radius 3 is 2.16 bits per heavy atom. The minimum Gasteiger partial charge on any atom is -0.354 e. The monoisotopic (exact) mass is 408 g/mol. The molecule has 7 rings (SSSR count). The number of hydrogen-bond donors (Lipinski definition) is 1. The van der Waals surface area contributed by atoms with Crippen molar-refractivity contribution in [3.8, 4) is 11.1 Å². The number of para-hydroxylation sites is 1. The molecule has 0 spiro atoms. The highest BCUT2D eigenvalue weighted by Gasteiger charge is 2.46. The SMILES string of the molecule is c1ccc(C2(c3ccncc3)c3ccccc3-c3c2ccc2[nH]c4ccccc4c32)cc1. The van der Waals surface area contributed by atoms with E-state index in [-0.39, 0.29) is 5.41 Å². The van der Waals surface area contributed by atoms with Crippen molar-refractivity contribution < 1.29 is 0 Å². The minimum atomic E-state index is -0.386. The van der Waals surface area contributed by atoms with E-state index in [1.165, 1.54) is 55.2 Å². The zero-order chi connectivity index (χ0) is 21.1. The van der Waals surface area contributed by atoms with Crippen LogP contribution in [0.4, 0.5) is 0 Å². The van der Waals surface area contributed by atoms with E-state index in [0.717, 1.165) is 0 Å². The van der Waals surface area contributed by atoms with Gasteiger partial charge in [-0.05, 0) is 57.6 Å². The number of nitrogens with one attached hydrogen (secondary N) is 1. The lowest BCUT2D eigenvalue weighted by molar-refractivity contribution is 0.767. The molecule has 2 heterocycles. The normalized spacial score (nSPS) is 16.9. The Bertz CT molecular complexity index is 1570. The number of aromatic amines is 1. The fourth-order valence-electron chi connectivity index (χ4n) is 5.79. The van der Waals surface area contributed by atoms with Crippen molar-refractivity contribution in [1.82, 2.24) is 9.97 Å². The van der Waals surface area contributed by atoms with Crippen molar-refractivity contribution >= 4 is 21.8 Å². The maximum absolute atomic E-state index is 4.33. The number of fused-ring (bicyclic) bond motifs is 7. The first-order valence-corrected chi connectivity index (χ1v) is 11.0. The molecule has 1 unspecified atom stereocenters. The predicted octanol–water partition coefficient (Wildman–Crippen LogP) is 7.08. The maximum Gasteiger partial charge on any atom is 0.0714 e. The molecule has 0 bridgehead atoms. The summed E-state index contributed by atoms with van der Waals surface area (Å²) in [5.41, 5.74) is 9.77. The Labute approximate surface area is 186 Å². The third-order valence-electron chi connectivity index (χ3n) is 7.00. The first kappa shape index (κ1) is 17.5. The van der Waals surface area contributed by atoms with Gasteiger partial charge in [0.25, 0.3) is 0 Å². The quantitative estimate of drug-likeness (QED) is 0.325. The summed E-state index contributed by atoms with van der Waals surface area (Å²) in [6, 6.07) is 37.3. The fraction of sp³-hybridized carbons (Fsp3) is 0.0333. The van der Waals surface area contributed by atoms with Crippen LogP contribution >= 0.6 is 0 Å². The van der Waals surface area contributed by atoms with Crippen molar-refractivity contribution in [1.29, 1.82) is 0 Å². The molecule has 4 aromatic carbocycles. The van der Waals surface area contributed by atoms with Gasteiger partial charge in [-0.3, -0.25) is 4.98 Å². The number of nitrogens with zero attached hydrogens (tertiary/aromatic N) is 1. The van der Waals surface area contributed by atoms with E-state index in [2.05, 4.69) is 113 Å². The van der Waals surface area contributed by atoms with Crippen molar-refractivity contribution in [3.63, 3.8) is 0 Å². The molecule has 1 aliphatic carbocycles. The van der Waals surface area contributed by atoms with Gasteiger partial charge in [-0.2, -0.15) is 0 Å². The molecule has 150 valence electrons. The molecule has 2 heteroatoms. The van der Waals surface area contributed by atoms with Gasteiger partial charge in [0, 0.05) is 34.2 Å². The lowest BCUT2D eigenvalue weighted by Crippen LogP contribution is -2.28. The molecular formula is C30H20N2. The zero-order valence-electron chi connectivity index (χ0n) is 17.4. The highest BCUT2D eigenvalue weighted by Crippen LogP contribution is 2.58. The Morgan fingerprint density at radius 2 is 1.28 bits per heavy atom. The van der Waals surface area contributed by atoms with Gasteiger partial charge in [0.1, 0.15) is 0 Å². The number of benzene rings is 4. The Balaban J connectivity index is 1.73. The summed E-state index contributed by atoms with van der Waals surface area (Å²) in [5.74, 6) is 0. The average molecular weight is 409 g/mol. The Hall–Kier alpha value is -4.17. The van der Waals surface area contributed by atoms with Crippen LogP contribution in [0.2, 0.25) is 0 Å². The van der Waals surface area contributed by atoms with Crippen LogP contribution in [0.3, 0.4) is 0 Å². The molecular weight excluding hydrogens is 388 g/mol. The number of hydrogen-bond acceptors (Lipinski definition) is 1. The van der Waals surface area contributed by atoms with E-state index < -0.39 is 0 Å². The summed E-state index contributed by atoms with van der Waals surface area (Å²) < 4.78 is 0. The van der Waals surface area contributed by atoms with Crippen molar-refractivity contribution in [2.24, 2.45) is 0 Å². The van der Waals surface area contributed by atoms with Gasteiger partial charge < -0.3 is 4.98 Å². The Morgan fingerprint density at radius 1 is 0.562 bits per heavy atom. The third-order valence-corrected chi connectivity index (χ3v) is 7.00. The first-order chi connectivity index (χ1) is 15.9. The molecule has 2 aromatic heterocycles. The van der Waals surface area contributed by atoms with Crippen LogP contribution in [0.5, 0.6) is 0 Å². The molecule has 6 aromatic rings. The summed E-state index contributed by atoms with van der Waals surface area (Å²) in [7, 11) is 0. The summed E-state index contributed by atoms with van der Waals surface area (Å²) >= 11 is 0. The summed E-state index contributed by atoms with van der Waals surface area (Å²) in [4.78, 5) is 7.97. The van der Waals surface area contributed by atoms with Gasteiger partial charge in [0.05, 0.1) is 5.41 Å². The van der Waals surface area contributed by atoms with Gasteiger partial charge in [-0.1, -0.05) is 78.9 Å². The second-order valence-electron chi connectivity index (χ2n) is 8.48. The Kier molecular flexibility index (Phi) is 3.51. The topological polar surface area (TPSA) is 28.7 Å². The fourth-order valence-corrected chi connectivity index (χ4v) is 5.79. The smallest absolute Gasteiger partial charge is 0.0714 e. The predicted molar refractivity (Wildman–Crippen MR) is 131 cm³/mol. The van der Waals surface area contributed by atoms with Crippen molar-refractivity contribution in [3.05, 3.63) is 138 Å². The second-order valence-corrected chi connectivity index (χ2v) is 8.48. The zero-order valence-corrected chi connectivity index (χ0v) is 17.4. The summed E-state index contributed by atoms with van der Waals surface area (Å²) in [5, 5.41) is 2.57. The van der Waals surface area contributed by atoms with Crippen molar-refractivity contribution in [2.45, 2.75) is 5.41 Å². The number of rotatable bonds is 2. The van der Waals surface area contributed by atoms with Crippen LogP contribution in [0.25, 0.3) is 32.9 Å². The van der Waals surface area contributed by atoms with Crippen LogP contribution in [-0.4, -0.2) is 9.97 Å². The molecule has 2 nitrogen and oxygen atoms in total. The van der Waals surface area contributed by atoms with Crippen LogP contribution in [0.1, 0.15) is 22.3 Å². The second kappa shape index (κ2) is 6.41. The molecule has 0 saturated carbocycles. The maximum atomic E-state index is 4.33. The molecule has 0 fully saturated rings. The molecule has 0 amide bonds. The molecule has 1 aliphatic rings. The third kappa shape index (κ3) is 2.11. The van der Waals surface area contributed by atoms with E-state index >= 15 is 0 Å². The van der Waals surface area contributed by atoms with E-state index in [1.807, 2.05) is 12.4 Å². The molecule has 0 radical (unpaired) electrons. The summed E-state index contributed by atoms with van der Waals surface area (Å²) in [6.07, 6.45) is 3.82. The van der Waals surface area contributed by atoms with Crippen molar-refractivity contribution in [2.75, 3.05) is 0 Å². The lowest BCUT2D eigenvalue weighted by Gasteiger charge is -2.33. The van der Waals surface area contributed by atoms with E-state index in [9.17, 15) is 0 Å². The van der Waals surface area contributed by atoms with E-state index in [4.69, 9.17) is 0 Å². The first-order valence-electron chi connectivity index (χ1n) is 11.0. The highest BCUT2D eigenvalue weighted by atomic mass is 14.7. The van der Waals surface area contributed by atoms with Gasteiger partial charge in [0.15, 0.2) is 0 Å². The van der Waals surface area contributed by atoms with Gasteiger partial charge in [-0.15, -0.1) is 0 Å². The average Bonchev–Trinajstić information content (AvgIpc) is 3.39. The van der Waals surface area contributed by atoms with Gasteiger partial charge >= 0.3 is 0 Å². The van der Waals surface area contributed by atoms with Gasteiger partial charge in [-0.25, -0.2) is 0 Å². The standard InChI is InChI=1S/C30H20N2/c1-2-8-20(9-3-1)30(21-16-18-31-19-17-21)24-12-6-4-10-22(24)28-25(30)14-15-27-29(28)23-11-5-7-13-26(23)32-27/h1-19,32H. The lowest BCUT2D eigenvalue weighted by atomic mass is 9.68. The molecule has 1 atom stereocenters. The molecule has 0 aliphatic heterocycles. The van der Waals surface area contributed by atoms with Crippen LogP contribution in [0.15, 0.2) is 116 Å². The number of aromatic nitrogens is 2. The van der Waals surface area contributed by atoms with Crippen LogP contribution < -0.4 is 0 Å². The number of H-pyrrole nitrogens is 1. The highest BCUT2D eigenvalue weighted by molar-refractivity contribution is 6.17. The minimum absolute atomic E-state index is 0.386. The van der Waals surface area contributed by atoms with E-state index in [1.54, 1.807) is 0 Å². The van der Waals surface area contributed by atoms with Crippen LogP contribution in [-0.2, 0) is 5.41 Å². The number of pyridine rings is 1. The molecule has 32 heavy (non-hydrogen) atoms. The van der Waals surface area contributed by atoms with Gasteiger partial charge in [0.2, 0.25) is 0 Å². The van der Waals surface area contributed by atoms with Crippen LogP contribution in [0, 0.1) is 0 Å².